The molecule has 0 rings (SSSR count). The van der Waals surface area contributed by atoms with Gasteiger partial charge in [-0.05, 0) is 122 Å². The summed E-state index contributed by atoms with van der Waals surface area (Å²) in [5.74, 6) is -2.44. The van der Waals surface area contributed by atoms with Gasteiger partial charge in [-0.25, -0.2) is 0 Å². The highest BCUT2D eigenvalue weighted by Gasteiger charge is 2.21. The molecule has 9 nitrogen and oxygen atoms in total. The third-order valence-electron chi connectivity index (χ3n) is 10.5. The molecule has 0 aromatic rings. The molecule has 0 bridgehead atoms. The Hall–Kier alpha value is -5.35. The maximum atomic E-state index is 12.8. The number of ether oxygens (including phenoxy) is 4. The highest BCUT2D eigenvalue weighted by Crippen LogP contribution is 2.10. The second-order valence-corrected chi connectivity index (χ2v) is 18.4. The fraction of sp³-hybridized carbons (Fsp3) is 0.516. The first kappa shape index (κ1) is 67.6. The molecular formula is C64H97NO8. The Morgan fingerprint density at radius 3 is 1.11 bits per heavy atom. The van der Waals surface area contributed by atoms with Crippen LogP contribution in [0.1, 0.15) is 155 Å². The van der Waals surface area contributed by atoms with Gasteiger partial charge in [0.15, 0.2) is 12.4 Å². The first-order chi connectivity index (χ1) is 35.6. The van der Waals surface area contributed by atoms with Crippen molar-refractivity contribution in [2.45, 2.75) is 167 Å². The summed E-state index contributed by atoms with van der Waals surface area (Å²) in [6.07, 6.45) is 76.9. The van der Waals surface area contributed by atoms with Gasteiger partial charge in [-0.3, -0.25) is 9.59 Å². The van der Waals surface area contributed by atoms with Crippen molar-refractivity contribution >= 4 is 17.9 Å². The number of aliphatic carboxylic acids is 1. The van der Waals surface area contributed by atoms with Gasteiger partial charge in [0, 0.05) is 12.8 Å². The first-order valence-electron chi connectivity index (χ1n) is 27.3. The van der Waals surface area contributed by atoms with Crippen LogP contribution >= 0.6 is 0 Å². The molecule has 0 aromatic carbocycles. The van der Waals surface area contributed by atoms with E-state index < -0.39 is 30.3 Å². The van der Waals surface area contributed by atoms with Gasteiger partial charge in [0.25, 0.3) is 0 Å². The van der Waals surface area contributed by atoms with E-state index in [9.17, 15) is 19.5 Å². The molecule has 2 atom stereocenters. The molecule has 0 spiro atoms. The van der Waals surface area contributed by atoms with Gasteiger partial charge in [-0.2, -0.15) is 0 Å². The van der Waals surface area contributed by atoms with Crippen molar-refractivity contribution in [2.75, 3.05) is 47.5 Å². The van der Waals surface area contributed by atoms with Crippen molar-refractivity contribution in [3.05, 3.63) is 170 Å². The number of carboxylic acid groups (broad SMARTS) is 1. The molecule has 0 aliphatic heterocycles. The molecule has 0 radical (unpaired) electrons. The van der Waals surface area contributed by atoms with Crippen molar-refractivity contribution in [1.82, 2.24) is 0 Å². The number of esters is 2. The molecule has 0 aliphatic carbocycles. The molecule has 9 heteroatoms. The van der Waals surface area contributed by atoms with E-state index in [1.807, 2.05) is 27.2 Å². The average molecular weight is 1010 g/mol. The maximum absolute atomic E-state index is 12.8. The normalized spacial score (nSPS) is 14.2. The number of carbonyl (C=O) groups is 3. The van der Waals surface area contributed by atoms with Crippen molar-refractivity contribution in [1.29, 1.82) is 0 Å². The molecule has 0 heterocycles. The summed E-state index contributed by atoms with van der Waals surface area (Å²) in [4.78, 5) is 37.2. The highest BCUT2D eigenvalue weighted by atomic mass is 16.7. The predicted molar refractivity (Wildman–Crippen MR) is 305 cm³/mol. The Bertz CT molecular complexity index is 1790. The van der Waals surface area contributed by atoms with Crippen LogP contribution in [0.3, 0.4) is 0 Å². The molecule has 73 heavy (non-hydrogen) atoms. The zero-order valence-corrected chi connectivity index (χ0v) is 45.9. The van der Waals surface area contributed by atoms with Gasteiger partial charge in [-0.1, -0.05) is 190 Å². The SMILES string of the molecule is CC/C=C\C/C=C\C/C=C\C/C=C\C/C=C\C/C=C\C/C=C\C/C=C\C/C=C\CCCC(=O)OC(COC(=O)CCCCC/C=C\C/C=C\C/C=C\C/C=C\C/C=C\CC)COC(OCC[N+](C)(C)C)C(=O)[O-]. The Kier molecular flexibility index (Phi) is 49.1. The summed E-state index contributed by atoms with van der Waals surface area (Å²) in [6.45, 7) is 4.36. The highest BCUT2D eigenvalue weighted by molar-refractivity contribution is 5.70. The zero-order valence-electron chi connectivity index (χ0n) is 45.9. The van der Waals surface area contributed by atoms with Crippen molar-refractivity contribution in [3.63, 3.8) is 0 Å². The van der Waals surface area contributed by atoms with Crippen molar-refractivity contribution in [2.24, 2.45) is 0 Å². The largest absolute Gasteiger partial charge is 0.545 e. The van der Waals surface area contributed by atoms with E-state index in [0.717, 1.165) is 109 Å². The zero-order chi connectivity index (χ0) is 53.4. The molecule has 0 aliphatic rings. The predicted octanol–water partition coefficient (Wildman–Crippen LogP) is 14.7. The van der Waals surface area contributed by atoms with Crippen molar-refractivity contribution < 1.29 is 42.9 Å². The number of carbonyl (C=O) groups excluding carboxylic acids is 3. The lowest BCUT2D eigenvalue weighted by molar-refractivity contribution is -0.870. The summed E-state index contributed by atoms with van der Waals surface area (Å²) in [5.41, 5.74) is 0. The lowest BCUT2D eigenvalue weighted by atomic mass is 10.1. The molecule has 0 fully saturated rings. The Morgan fingerprint density at radius 2 is 0.753 bits per heavy atom. The van der Waals surface area contributed by atoms with Crippen LogP contribution in [0.2, 0.25) is 0 Å². The number of carboxylic acids is 1. The quantitative estimate of drug-likeness (QED) is 0.0195. The van der Waals surface area contributed by atoms with Gasteiger partial charge >= 0.3 is 11.9 Å². The second kappa shape index (κ2) is 53.0. The average Bonchev–Trinajstić information content (AvgIpc) is 3.36. The van der Waals surface area contributed by atoms with E-state index in [1.165, 1.54) is 0 Å². The number of unbranched alkanes of at least 4 members (excludes halogenated alkanes) is 4. The number of likely N-dealkylation sites (N-methyl/N-ethyl adjacent to an activating group) is 1. The van der Waals surface area contributed by atoms with Gasteiger partial charge in [0.05, 0.1) is 40.3 Å². The van der Waals surface area contributed by atoms with Crippen LogP contribution < -0.4 is 5.11 Å². The minimum absolute atomic E-state index is 0.120. The fourth-order valence-electron chi connectivity index (χ4n) is 6.33. The summed E-state index contributed by atoms with van der Waals surface area (Å²) < 4.78 is 22.5. The maximum Gasteiger partial charge on any atom is 0.306 e. The topological polar surface area (TPSA) is 111 Å². The minimum Gasteiger partial charge on any atom is -0.545 e. The van der Waals surface area contributed by atoms with Gasteiger partial charge < -0.3 is 33.3 Å². The summed E-state index contributed by atoms with van der Waals surface area (Å²) in [6, 6.07) is 0. The van der Waals surface area contributed by atoms with E-state index in [2.05, 4.69) is 178 Å². The molecule has 0 saturated carbocycles. The number of rotatable bonds is 47. The van der Waals surface area contributed by atoms with E-state index in [4.69, 9.17) is 18.9 Å². The number of quaternary nitrogens is 1. The molecule has 0 aromatic heterocycles. The van der Waals surface area contributed by atoms with Crippen LogP contribution in [0.5, 0.6) is 0 Å². The van der Waals surface area contributed by atoms with E-state index in [1.54, 1.807) is 0 Å². The number of hydrogen-bond donors (Lipinski definition) is 0. The molecule has 0 saturated heterocycles. The van der Waals surface area contributed by atoms with Crippen molar-refractivity contribution in [3.8, 4) is 0 Å². The van der Waals surface area contributed by atoms with Crippen LogP contribution in [0.25, 0.3) is 0 Å². The van der Waals surface area contributed by atoms with Gasteiger partial charge in [0.1, 0.15) is 13.2 Å². The lowest BCUT2D eigenvalue weighted by Gasteiger charge is -2.26. The molecular weight excluding hydrogens is 911 g/mol. The van der Waals surface area contributed by atoms with E-state index >= 15 is 0 Å². The number of nitrogens with zero attached hydrogens (tertiary/aromatic N) is 1. The Labute approximate surface area is 444 Å². The lowest BCUT2D eigenvalue weighted by Crippen LogP contribution is -2.44. The first-order valence-corrected chi connectivity index (χ1v) is 27.3. The van der Waals surface area contributed by atoms with E-state index in [-0.39, 0.29) is 32.7 Å². The second-order valence-electron chi connectivity index (χ2n) is 18.4. The fourth-order valence-corrected chi connectivity index (χ4v) is 6.33. The third-order valence-corrected chi connectivity index (χ3v) is 10.5. The van der Waals surface area contributed by atoms with Crippen LogP contribution in [0.4, 0.5) is 0 Å². The molecule has 2 unspecified atom stereocenters. The Morgan fingerprint density at radius 1 is 0.411 bits per heavy atom. The standard InChI is InChI=1S/C64H97NO8/c1-6-8-10-12-14-16-18-20-22-24-26-27-28-29-30-31-32-33-34-35-37-39-41-43-45-47-49-51-53-55-62(67)73-60(59-72-64(63(68)69)70-57-56-65(3,4)5)58-71-61(66)54-52-50-48-46-44-42-40-38-36-25-23-21-19-17-15-13-11-9-7-2/h8-11,14-17,20-23,26-27,29-30,32-33,35-38,41-44,47,49,60,64H,6-7,12-13,18-19,24-25,28,31,34,39-40,45-46,48,50-59H2,1-5H3/b10-8-,11-9-,16-14-,17-15-,22-20-,23-21-,27-26-,30-29-,33-32-,37-35-,38-36-,43-41-,44-42-,49-47-. The molecule has 0 amide bonds. The third kappa shape index (κ3) is 54.3. The molecule has 0 N–H and O–H groups in total. The summed E-state index contributed by atoms with van der Waals surface area (Å²) in [7, 11) is 5.87. The van der Waals surface area contributed by atoms with E-state index in [0.29, 0.717) is 30.3 Å². The minimum atomic E-state index is -1.66. The summed E-state index contributed by atoms with van der Waals surface area (Å²) in [5, 5.41) is 11.8. The molecule has 406 valence electrons. The number of allylic oxidation sites excluding steroid dienone is 28. The monoisotopic (exact) mass is 1010 g/mol. The van der Waals surface area contributed by atoms with Crippen LogP contribution in [0.15, 0.2) is 170 Å². The smallest absolute Gasteiger partial charge is 0.306 e. The van der Waals surface area contributed by atoms with Gasteiger partial charge in [0.2, 0.25) is 0 Å². The number of hydrogen-bond acceptors (Lipinski definition) is 8. The van der Waals surface area contributed by atoms with Gasteiger partial charge in [-0.15, -0.1) is 0 Å². The van der Waals surface area contributed by atoms with Crippen LogP contribution in [0, 0.1) is 0 Å². The Balaban J connectivity index is 4.51. The van der Waals surface area contributed by atoms with Crippen LogP contribution in [-0.4, -0.2) is 82.3 Å². The summed E-state index contributed by atoms with van der Waals surface area (Å²) >= 11 is 0. The van der Waals surface area contributed by atoms with Crippen LogP contribution in [-0.2, 0) is 33.3 Å².